The van der Waals surface area contributed by atoms with Gasteiger partial charge in [0.2, 0.25) is 17.6 Å². The molecule has 6 aliphatic heterocycles. The zero-order valence-electron chi connectivity index (χ0n) is 80.7. The van der Waals surface area contributed by atoms with E-state index in [1.807, 2.05) is 83.8 Å². The fourth-order valence-corrected chi connectivity index (χ4v) is 20.1. The van der Waals surface area contributed by atoms with E-state index in [1.165, 1.54) is 23.9 Å². The number of hydrogen-bond donors (Lipinski definition) is 4. The number of carbonyl (C=O) groups is 8. The van der Waals surface area contributed by atoms with Crippen molar-refractivity contribution in [1.29, 1.82) is 0 Å². The first-order valence-corrected chi connectivity index (χ1v) is 48.8. The summed E-state index contributed by atoms with van der Waals surface area (Å²) < 4.78 is 77.6. The molecular weight excluding hydrogens is 1740 g/mol. The minimum Gasteiger partial charge on any atom is -0.460 e. The van der Waals surface area contributed by atoms with Crippen molar-refractivity contribution in [2.75, 3.05) is 151 Å². The van der Waals surface area contributed by atoms with E-state index >= 15 is 0 Å². The van der Waals surface area contributed by atoms with Crippen LogP contribution in [0.5, 0.6) is 0 Å². The summed E-state index contributed by atoms with van der Waals surface area (Å²) in [4.78, 5) is 134. The summed E-state index contributed by atoms with van der Waals surface area (Å²) in [5.41, 5.74) is 20.2. The number of carbonyl (C=O) groups excluding carboxylic acids is 8. The Kier molecular flexibility index (Phi) is 40.0. The lowest BCUT2D eigenvalue weighted by atomic mass is 9.78. The molecule has 34 nitrogen and oxygen atoms in total. The summed E-state index contributed by atoms with van der Waals surface area (Å²) in [6.07, 6.45) is 16.8. The number of aliphatic hydroxyl groups excluding tert-OH is 1. The Labute approximate surface area is 792 Å². The first-order chi connectivity index (χ1) is 65.1. The average Bonchev–Trinajstić information content (AvgIpc) is 1.44. The number of nitrogen functional groups attached to an aromatic ring is 2. The third kappa shape index (κ3) is 28.8. The van der Waals surface area contributed by atoms with Crippen molar-refractivity contribution in [1.82, 2.24) is 44.3 Å². The minimum absolute atomic E-state index is 0.00339. The third-order valence-corrected chi connectivity index (χ3v) is 28.1. The average molecular weight is 1880 g/mol. The Morgan fingerprint density at radius 2 is 1.39 bits per heavy atom. The molecule has 5 aromatic rings. The Bertz CT molecular complexity index is 4880. The van der Waals surface area contributed by atoms with E-state index < -0.39 is 95.9 Å². The van der Waals surface area contributed by atoms with Crippen molar-refractivity contribution in [3.63, 3.8) is 0 Å². The maximum atomic E-state index is 14.8. The fraction of sp³-hybridized carbons (Fsp3) is 0.663. The molecule has 6 N–H and O–H groups in total. The fourth-order valence-electron chi connectivity index (χ4n) is 20.1. The predicted octanol–water partition coefficient (Wildman–Crippen LogP) is 10.4. The molecule has 15 atom stereocenters. The van der Waals surface area contributed by atoms with Crippen LogP contribution in [0, 0.1) is 41.4 Å². The molecule has 5 fully saturated rings. The number of ketones is 3. The van der Waals surface area contributed by atoms with Crippen molar-refractivity contribution in [2.45, 2.75) is 251 Å². The quantitative estimate of drug-likeness (QED) is 0.0129. The largest absolute Gasteiger partial charge is 0.460 e. The van der Waals surface area contributed by atoms with Gasteiger partial charge >= 0.3 is 11.9 Å². The molecule has 2 aromatic carbocycles. The monoisotopic (exact) mass is 1880 g/mol. The van der Waals surface area contributed by atoms with Crippen molar-refractivity contribution >= 4 is 81.0 Å². The lowest BCUT2D eigenvalue weighted by Crippen LogP contribution is -2.61. The van der Waals surface area contributed by atoms with Crippen LogP contribution >= 0.6 is 0 Å². The van der Waals surface area contributed by atoms with Crippen LogP contribution in [-0.2, 0) is 115 Å². The van der Waals surface area contributed by atoms with Gasteiger partial charge in [-0.05, 0) is 193 Å². The number of benzene rings is 2. The Morgan fingerprint density at radius 3 is 2.08 bits per heavy atom. The van der Waals surface area contributed by atoms with E-state index in [4.69, 9.17) is 77.8 Å². The van der Waals surface area contributed by atoms with Crippen LogP contribution < -0.4 is 11.5 Å². The number of aliphatic hydroxyl groups is 2. The highest BCUT2D eigenvalue weighted by molar-refractivity contribution is 6.39. The zero-order chi connectivity index (χ0) is 96.2. The number of cyclic esters (lactones) is 1. The van der Waals surface area contributed by atoms with Crippen LogP contribution in [0.15, 0.2) is 94.7 Å². The van der Waals surface area contributed by atoms with Gasteiger partial charge in [-0.1, -0.05) is 89.3 Å². The summed E-state index contributed by atoms with van der Waals surface area (Å²) in [5, 5.41) is 29.4. The zero-order valence-corrected chi connectivity index (χ0v) is 80.7. The van der Waals surface area contributed by atoms with Crippen molar-refractivity contribution in [3.05, 3.63) is 107 Å². The number of nitrogens with two attached hydrogens (primary N) is 2. The smallest absolute Gasteiger partial charge is 0.329 e. The van der Waals surface area contributed by atoms with Crippen molar-refractivity contribution < 1.29 is 110 Å². The number of methoxy groups -OCH3 is 3. The van der Waals surface area contributed by atoms with Gasteiger partial charge in [-0.15, -0.1) is 0 Å². The predicted molar refractivity (Wildman–Crippen MR) is 503 cm³/mol. The van der Waals surface area contributed by atoms with E-state index in [0.29, 0.717) is 228 Å². The number of Topliss-reactive ketones (excluding diaryl/α,β-unsaturated/α-hetero) is 3. The number of hydrogen-bond acceptors (Lipinski definition) is 30. The summed E-state index contributed by atoms with van der Waals surface area (Å²) in [7, 11) is 4.52. The number of amides is 3. The van der Waals surface area contributed by atoms with Gasteiger partial charge in [0.25, 0.3) is 17.7 Å². The number of piperidine rings is 3. The molecule has 3 aromatic heterocycles. The van der Waals surface area contributed by atoms with E-state index in [1.54, 1.807) is 48.0 Å². The van der Waals surface area contributed by atoms with E-state index in [0.717, 1.165) is 67.5 Å². The van der Waals surface area contributed by atoms with Crippen LogP contribution in [0.2, 0.25) is 0 Å². The molecule has 135 heavy (non-hydrogen) atoms. The first kappa shape index (κ1) is 105. The molecule has 3 amide bonds. The van der Waals surface area contributed by atoms with Crippen molar-refractivity contribution in [2.24, 2.45) is 41.4 Å². The second-order valence-corrected chi connectivity index (χ2v) is 37.8. The number of oxazole rings is 1. The highest BCUT2D eigenvalue weighted by Crippen LogP contribution is 2.41. The summed E-state index contributed by atoms with van der Waals surface area (Å²) in [5.74, 6) is -8.31. The van der Waals surface area contributed by atoms with Gasteiger partial charge in [-0.2, -0.15) is 10.1 Å². The van der Waals surface area contributed by atoms with Crippen LogP contribution in [0.25, 0.3) is 33.4 Å². The lowest BCUT2D eigenvalue weighted by molar-refractivity contribution is -0.265. The maximum absolute atomic E-state index is 14.8. The number of esters is 2. The SMILES string of the molecule is CO[C@H]1C[C@@H]2CC[C@@H](C)[C@@](O)(O2)C(=O)C(=O)N2CCCC[C@H]2C(=O)O[C@H]([C@H](C)C[C@@H]2CC[C@@H](OC(=O)CCCOCCOCCOCCOCCOCCOCCC(=O)N3CCC(N4CCC(C(=O)N5CCc6cc(Cn7nc(-c8ccc9oc(N)nc9c8)c8c(N)ncnc87)ccc6C5)CC4)CC3)[C@H](OC)C2)CC(=O)[C@H](C)/C=C(\C)[C@@H](O)[C@@H](OC)C(=O)[C@H](C)C[C@H](C)/C=C/C=C/C=C/1C. The molecule has 9 heterocycles. The van der Waals surface area contributed by atoms with E-state index in [2.05, 4.69) is 38.1 Å². The molecular formula is C101H145N11O23. The Balaban J connectivity index is 0.482. The van der Waals surface area contributed by atoms with Gasteiger partial charge < -0.3 is 103 Å². The molecule has 7 aliphatic rings. The van der Waals surface area contributed by atoms with Gasteiger partial charge in [0.15, 0.2) is 17.0 Å². The van der Waals surface area contributed by atoms with Gasteiger partial charge in [-0.25, -0.2) is 19.4 Å². The van der Waals surface area contributed by atoms with Gasteiger partial charge in [0.05, 0.1) is 109 Å². The highest BCUT2D eigenvalue weighted by Gasteiger charge is 2.54. The molecule has 1 saturated carbocycles. The second kappa shape index (κ2) is 51.5. The second-order valence-electron chi connectivity index (χ2n) is 37.8. The number of anilines is 2. The molecule has 2 bridgehead atoms. The van der Waals surface area contributed by atoms with Crippen LogP contribution in [0.4, 0.5) is 11.8 Å². The molecule has 0 unspecified atom stereocenters. The Morgan fingerprint density at radius 1 is 0.681 bits per heavy atom. The molecule has 34 heteroatoms. The number of nitrogens with zero attached hydrogens (tertiary/aromatic N) is 9. The molecule has 4 saturated heterocycles. The number of ether oxygens (including phenoxy) is 12. The van der Waals surface area contributed by atoms with Crippen LogP contribution in [0.1, 0.15) is 187 Å². The van der Waals surface area contributed by atoms with Gasteiger partial charge in [0, 0.05) is 115 Å². The van der Waals surface area contributed by atoms with Crippen molar-refractivity contribution in [3.8, 4) is 11.3 Å². The number of rotatable bonds is 34. The van der Waals surface area contributed by atoms with Gasteiger partial charge in [-0.3, -0.25) is 33.6 Å². The number of allylic oxidation sites excluding steroid dienone is 6. The molecule has 12 rings (SSSR count). The lowest BCUT2D eigenvalue weighted by Gasteiger charge is -2.42. The number of likely N-dealkylation sites (tertiary alicyclic amines) is 2. The number of fused-ring (bicyclic) bond motifs is 6. The number of aromatic nitrogens is 5. The molecule has 0 radical (unpaired) electrons. The minimum atomic E-state index is -2.48. The highest BCUT2D eigenvalue weighted by atomic mass is 16.6. The van der Waals surface area contributed by atoms with E-state index in [-0.39, 0.29) is 85.3 Å². The van der Waals surface area contributed by atoms with Crippen LogP contribution in [0.3, 0.4) is 0 Å². The summed E-state index contributed by atoms with van der Waals surface area (Å²) >= 11 is 0. The van der Waals surface area contributed by atoms with Crippen LogP contribution in [-0.4, -0.2) is 302 Å². The summed E-state index contributed by atoms with van der Waals surface area (Å²) in [6, 6.07) is 11.3. The normalized spacial score (nSPS) is 27.9. The third-order valence-electron chi connectivity index (χ3n) is 28.1. The molecule has 742 valence electrons. The first-order valence-electron chi connectivity index (χ1n) is 48.8. The Hall–Kier alpha value is -9.14. The van der Waals surface area contributed by atoms with Gasteiger partial charge in [0.1, 0.15) is 59.6 Å². The topological polar surface area (TPSA) is 422 Å². The standard InChI is InChI=1S/C101H145N11O23/c1-64-17-12-11-13-18-65(2)84(123-8)59-78-26-21-70(7)101(122,135-78)94(118)98(120)111-35-15-14-19-80(111)99(121)133-85(60-81(113)66(3)54-69(6)92(117)93(125-10)91(116)68(5)53-64)67(4)55-71-23-27-83(86(57-71)124-9)132-88(115)20-16-41-126-43-45-128-47-49-130-51-52-131-50-48-129-46-44-127-42-34-87(114)109-39-32-77(33-40-109)108-36-29-73(30-37-108)97(119)110-38-31-74-56-72(22-24-76(74)62-110)61-112-96-89(95(102)104-63-105-96)90(107-112)75-25-28-82-79(58-75)106-100(103)134-82/h11-13,17-18,22,24-25,28,54,56,58,63-64,66-68,70-71,73,77-78,80,83-86,92-93,117,122H,14-16,19-21,23,26-27,29-53,55,57,59-62H2,1-10H3,(H2,103,106)(H2,102,104,105)/b13-11+,17-12+,65-18+,69-54+/t64-,66-,67-,68-,70-,71+,78+,80+,83-,84+,85+,86-,92-,93+,101-/m1/s1. The summed E-state index contributed by atoms with van der Waals surface area (Å²) in [6.45, 7) is 22.0. The van der Waals surface area contributed by atoms with E-state index in [9.17, 15) is 48.6 Å². The molecule has 0 spiro atoms. The maximum Gasteiger partial charge on any atom is 0.329 e. The molecule has 1 aliphatic carbocycles.